The highest BCUT2D eigenvalue weighted by Gasteiger charge is 2.08. The van der Waals surface area contributed by atoms with Crippen molar-refractivity contribution in [3.8, 4) is 0 Å². The van der Waals surface area contributed by atoms with Crippen molar-refractivity contribution < 1.29 is 13.9 Å². The summed E-state index contributed by atoms with van der Waals surface area (Å²) in [6.07, 6.45) is 1.21. The van der Waals surface area contributed by atoms with Gasteiger partial charge < -0.3 is 10.1 Å². The van der Waals surface area contributed by atoms with Gasteiger partial charge in [0.25, 0.3) is 5.91 Å². The minimum absolute atomic E-state index is 0.238. The standard InChI is InChI=1S/C11H15FN2O2/c1-8(7-16-2)5-14-11(15)9-3-4-10(12)13-6-9/h3-4,6,8H,5,7H2,1-2H3,(H,14,15). The van der Waals surface area contributed by atoms with Crippen LogP contribution in [0.3, 0.4) is 0 Å². The van der Waals surface area contributed by atoms with E-state index in [0.29, 0.717) is 18.7 Å². The monoisotopic (exact) mass is 226 g/mol. The SMILES string of the molecule is COCC(C)CNC(=O)c1ccc(F)nc1. The van der Waals surface area contributed by atoms with Gasteiger partial charge >= 0.3 is 0 Å². The van der Waals surface area contributed by atoms with Crippen LogP contribution in [-0.2, 0) is 4.74 Å². The Morgan fingerprint density at radius 3 is 2.94 bits per heavy atom. The fraction of sp³-hybridized carbons (Fsp3) is 0.455. The average molecular weight is 226 g/mol. The van der Waals surface area contributed by atoms with Crippen molar-refractivity contribution in [2.45, 2.75) is 6.92 Å². The van der Waals surface area contributed by atoms with Gasteiger partial charge in [-0.2, -0.15) is 4.39 Å². The van der Waals surface area contributed by atoms with Gasteiger partial charge in [0, 0.05) is 19.9 Å². The Hall–Kier alpha value is -1.49. The van der Waals surface area contributed by atoms with Crippen LogP contribution in [0.4, 0.5) is 4.39 Å². The molecule has 0 aliphatic rings. The summed E-state index contributed by atoms with van der Waals surface area (Å²) in [5, 5.41) is 2.72. The molecule has 0 saturated heterocycles. The molecule has 0 saturated carbocycles. The number of halogens is 1. The Morgan fingerprint density at radius 1 is 1.62 bits per heavy atom. The number of hydrogen-bond donors (Lipinski definition) is 1. The summed E-state index contributed by atoms with van der Waals surface area (Å²) in [6.45, 7) is 3.07. The van der Waals surface area contributed by atoms with Gasteiger partial charge in [0.15, 0.2) is 0 Å². The lowest BCUT2D eigenvalue weighted by atomic mass is 10.2. The zero-order valence-electron chi connectivity index (χ0n) is 9.37. The normalized spacial score (nSPS) is 12.2. The van der Waals surface area contributed by atoms with E-state index in [4.69, 9.17) is 4.74 Å². The van der Waals surface area contributed by atoms with E-state index in [9.17, 15) is 9.18 Å². The number of amides is 1. The molecule has 1 amide bonds. The highest BCUT2D eigenvalue weighted by atomic mass is 19.1. The van der Waals surface area contributed by atoms with Crippen molar-refractivity contribution in [1.29, 1.82) is 0 Å². The molecule has 0 aliphatic heterocycles. The van der Waals surface area contributed by atoms with Crippen molar-refractivity contribution in [3.05, 3.63) is 29.8 Å². The average Bonchev–Trinajstić information content (AvgIpc) is 2.27. The summed E-state index contributed by atoms with van der Waals surface area (Å²) in [4.78, 5) is 15.0. The number of carbonyl (C=O) groups excluding carboxylic acids is 1. The largest absolute Gasteiger partial charge is 0.384 e. The zero-order chi connectivity index (χ0) is 12.0. The predicted octanol–water partition coefficient (Wildman–Crippen LogP) is 1.23. The summed E-state index contributed by atoms with van der Waals surface area (Å²) in [6, 6.07) is 2.56. The van der Waals surface area contributed by atoms with Crippen molar-refractivity contribution in [2.75, 3.05) is 20.3 Å². The number of pyridine rings is 1. The number of ether oxygens (including phenoxy) is 1. The summed E-state index contributed by atoms with van der Waals surface area (Å²) in [5.41, 5.74) is 0.353. The van der Waals surface area contributed by atoms with Crippen molar-refractivity contribution in [1.82, 2.24) is 10.3 Å². The molecule has 0 fully saturated rings. The molecule has 0 aromatic carbocycles. The topological polar surface area (TPSA) is 51.2 Å². The number of carbonyl (C=O) groups is 1. The zero-order valence-corrected chi connectivity index (χ0v) is 9.37. The fourth-order valence-electron chi connectivity index (χ4n) is 1.22. The Balaban J connectivity index is 2.43. The first-order chi connectivity index (χ1) is 7.63. The first kappa shape index (κ1) is 12.6. The van der Waals surface area contributed by atoms with E-state index in [1.165, 1.54) is 12.3 Å². The Morgan fingerprint density at radius 2 is 2.38 bits per heavy atom. The molecule has 1 aromatic rings. The van der Waals surface area contributed by atoms with E-state index in [0.717, 1.165) is 6.07 Å². The van der Waals surface area contributed by atoms with Gasteiger partial charge in [-0.1, -0.05) is 6.92 Å². The molecule has 0 spiro atoms. The lowest BCUT2D eigenvalue weighted by Gasteiger charge is -2.11. The maximum absolute atomic E-state index is 12.5. The first-order valence-electron chi connectivity index (χ1n) is 5.02. The molecule has 16 heavy (non-hydrogen) atoms. The van der Waals surface area contributed by atoms with Crippen LogP contribution in [0.1, 0.15) is 17.3 Å². The maximum Gasteiger partial charge on any atom is 0.252 e. The number of rotatable bonds is 5. The molecule has 88 valence electrons. The molecule has 5 heteroatoms. The molecular formula is C11H15FN2O2. The minimum atomic E-state index is -0.593. The summed E-state index contributed by atoms with van der Waals surface area (Å²) in [7, 11) is 1.61. The molecule has 0 aliphatic carbocycles. The highest BCUT2D eigenvalue weighted by molar-refractivity contribution is 5.93. The van der Waals surface area contributed by atoms with E-state index in [-0.39, 0.29) is 11.8 Å². The summed E-state index contributed by atoms with van der Waals surface area (Å²) >= 11 is 0. The van der Waals surface area contributed by atoms with Crippen LogP contribution < -0.4 is 5.32 Å². The smallest absolute Gasteiger partial charge is 0.252 e. The van der Waals surface area contributed by atoms with Gasteiger partial charge in [-0.3, -0.25) is 4.79 Å². The van der Waals surface area contributed by atoms with Gasteiger partial charge in [0.05, 0.1) is 12.2 Å². The molecule has 0 bridgehead atoms. The molecule has 4 nitrogen and oxygen atoms in total. The van der Waals surface area contributed by atoms with Crippen LogP contribution in [-0.4, -0.2) is 31.2 Å². The third-order valence-corrected chi connectivity index (χ3v) is 2.05. The lowest BCUT2D eigenvalue weighted by Crippen LogP contribution is -2.29. The number of nitrogens with zero attached hydrogens (tertiary/aromatic N) is 1. The molecule has 1 N–H and O–H groups in total. The number of nitrogens with one attached hydrogen (secondary N) is 1. The predicted molar refractivity (Wildman–Crippen MR) is 57.6 cm³/mol. The molecule has 1 rings (SSSR count). The second kappa shape index (κ2) is 6.17. The maximum atomic E-state index is 12.5. The first-order valence-corrected chi connectivity index (χ1v) is 5.02. The van der Waals surface area contributed by atoms with E-state index >= 15 is 0 Å². The molecular weight excluding hydrogens is 211 g/mol. The summed E-state index contributed by atoms with van der Waals surface area (Å²) in [5.74, 6) is -0.609. The highest BCUT2D eigenvalue weighted by Crippen LogP contribution is 1.99. The van der Waals surface area contributed by atoms with Gasteiger partial charge in [0.2, 0.25) is 5.95 Å². The van der Waals surface area contributed by atoms with Gasteiger partial charge in [-0.05, 0) is 18.1 Å². The molecule has 1 aromatic heterocycles. The van der Waals surface area contributed by atoms with E-state index in [1.807, 2.05) is 6.92 Å². The van der Waals surface area contributed by atoms with Crippen LogP contribution in [0.2, 0.25) is 0 Å². The van der Waals surface area contributed by atoms with E-state index in [2.05, 4.69) is 10.3 Å². The third-order valence-electron chi connectivity index (χ3n) is 2.05. The lowest BCUT2D eigenvalue weighted by molar-refractivity contribution is 0.0933. The van der Waals surface area contributed by atoms with Crippen LogP contribution in [0.15, 0.2) is 18.3 Å². The Bertz CT molecular complexity index is 340. The van der Waals surface area contributed by atoms with Crippen LogP contribution in [0.25, 0.3) is 0 Å². The molecule has 0 radical (unpaired) electrons. The molecule has 1 heterocycles. The Labute approximate surface area is 93.8 Å². The quantitative estimate of drug-likeness (QED) is 0.768. The van der Waals surface area contributed by atoms with Gasteiger partial charge in [0.1, 0.15) is 0 Å². The number of aromatic nitrogens is 1. The van der Waals surface area contributed by atoms with Crippen LogP contribution >= 0.6 is 0 Å². The van der Waals surface area contributed by atoms with Gasteiger partial charge in [-0.15, -0.1) is 0 Å². The minimum Gasteiger partial charge on any atom is -0.384 e. The van der Waals surface area contributed by atoms with E-state index < -0.39 is 5.95 Å². The van der Waals surface area contributed by atoms with E-state index in [1.54, 1.807) is 7.11 Å². The Kier molecular flexibility index (Phi) is 4.85. The molecule has 1 atom stereocenters. The number of hydrogen-bond acceptors (Lipinski definition) is 3. The van der Waals surface area contributed by atoms with Crippen molar-refractivity contribution in [3.63, 3.8) is 0 Å². The molecule has 1 unspecified atom stereocenters. The second-order valence-corrected chi connectivity index (χ2v) is 3.64. The van der Waals surface area contributed by atoms with Crippen LogP contribution in [0.5, 0.6) is 0 Å². The number of methoxy groups -OCH3 is 1. The van der Waals surface area contributed by atoms with Crippen LogP contribution in [0, 0.1) is 11.9 Å². The summed E-state index contributed by atoms with van der Waals surface area (Å²) < 4.78 is 17.4. The third kappa shape index (κ3) is 3.94. The van der Waals surface area contributed by atoms with Crippen molar-refractivity contribution >= 4 is 5.91 Å². The second-order valence-electron chi connectivity index (χ2n) is 3.64. The fourth-order valence-corrected chi connectivity index (χ4v) is 1.22. The van der Waals surface area contributed by atoms with Gasteiger partial charge in [-0.25, -0.2) is 4.98 Å². The van der Waals surface area contributed by atoms with Crippen molar-refractivity contribution in [2.24, 2.45) is 5.92 Å².